The zero-order valence-corrected chi connectivity index (χ0v) is 23.6. The average molecular weight is 638 g/mol. The van der Waals surface area contributed by atoms with Gasteiger partial charge in [0.15, 0.2) is 0 Å². The first-order valence-corrected chi connectivity index (χ1v) is 12.0. The predicted molar refractivity (Wildman–Crippen MR) is 135 cm³/mol. The summed E-state index contributed by atoms with van der Waals surface area (Å²) in [7, 11) is 0. The summed E-state index contributed by atoms with van der Waals surface area (Å²) in [4.78, 5) is 10.2. The van der Waals surface area contributed by atoms with E-state index in [4.69, 9.17) is 20.2 Å². The Morgan fingerprint density at radius 1 is 0.765 bits per heavy atom. The molecule has 2 atom stereocenters. The van der Waals surface area contributed by atoms with E-state index in [1.54, 1.807) is 13.8 Å². The van der Waals surface area contributed by atoms with Gasteiger partial charge in [-0.1, -0.05) is 43.2 Å². The van der Waals surface area contributed by atoms with Gasteiger partial charge >= 0.3 is 0 Å². The van der Waals surface area contributed by atoms with E-state index in [0.717, 1.165) is 40.9 Å². The van der Waals surface area contributed by atoms with Crippen molar-refractivity contribution in [1.82, 2.24) is 9.97 Å². The molecule has 1 aliphatic carbocycles. The van der Waals surface area contributed by atoms with Gasteiger partial charge in [-0.2, -0.15) is 0 Å². The minimum Gasteiger partial charge on any atom is -0.393 e. The Balaban J connectivity index is 0.000000449. The zero-order valence-electron chi connectivity index (χ0n) is 21.2. The third-order valence-corrected chi connectivity index (χ3v) is 5.71. The van der Waals surface area contributed by atoms with Crippen molar-refractivity contribution >= 4 is 0 Å². The second kappa shape index (κ2) is 12.7. The first kappa shape index (κ1) is 28.3. The summed E-state index contributed by atoms with van der Waals surface area (Å²) in [5.41, 5.74) is 11.4. The summed E-state index contributed by atoms with van der Waals surface area (Å²) in [5.74, 6) is 0. The van der Waals surface area contributed by atoms with Crippen molar-refractivity contribution in [2.75, 3.05) is 0 Å². The van der Waals surface area contributed by atoms with Gasteiger partial charge in [0.05, 0.1) is 29.3 Å². The molecule has 0 spiro atoms. The van der Waals surface area contributed by atoms with E-state index in [0.29, 0.717) is 6.42 Å². The molecule has 5 heteroatoms. The largest absolute Gasteiger partial charge is 0.393 e. The van der Waals surface area contributed by atoms with Gasteiger partial charge in [0.1, 0.15) is 0 Å². The molecule has 2 aromatic carbocycles. The summed E-state index contributed by atoms with van der Waals surface area (Å²) >= 11 is 0. The molecule has 3 aromatic rings. The Bertz CT molecular complexity index is 983. The molecule has 0 saturated heterocycles. The van der Waals surface area contributed by atoms with E-state index in [1.165, 1.54) is 40.9 Å². The SMILES string of the molecule is CC(O)CC(C)O.Cc1[c-]c(-c2nc3c(nc2-c2cc(C)cc(C)c2)CCCC3)cc(C)c1.[Ir]. The third-order valence-electron chi connectivity index (χ3n) is 5.71. The number of hydrogen-bond acceptors (Lipinski definition) is 4. The van der Waals surface area contributed by atoms with Crippen molar-refractivity contribution in [3.63, 3.8) is 0 Å². The number of aryl methyl sites for hydroxylation is 6. The maximum Gasteiger partial charge on any atom is 0.0607 e. The van der Waals surface area contributed by atoms with Crippen LogP contribution in [0.4, 0.5) is 0 Å². The van der Waals surface area contributed by atoms with Crippen LogP contribution in [0, 0.1) is 33.8 Å². The van der Waals surface area contributed by atoms with Gasteiger partial charge in [-0.05, 0) is 65.4 Å². The van der Waals surface area contributed by atoms with E-state index < -0.39 is 0 Å². The molecule has 1 heterocycles. The number of hydrogen-bond donors (Lipinski definition) is 2. The van der Waals surface area contributed by atoms with Crippen LogP contribution in [0.1, 0.15) is 66.8 Å². The monoisotopic (exact) mass is 638 g/mol. The second-order valence-corrected chi connectivity index (χ2v) is 9.59. The minimum absolute atomic E-state index is 0. The fourth-order valence-electron chi connectivity index (χ4n) is 4.51. The van der Waals surface area contributed by atoms with E-state index >= 15 is 0 Å². The fraction of sp³-hybridized carbons (Fsp3) is 0.448. The summed E-state index contributed by atoms with van der Waals surface area (Å²) < 4.78 is 0. The summed E-state index contributed by atoms with van der Waals surface area (Å²) in [6.07, 6.45) is 4.22. The zero-order chi connectivity index (χ0) is 24.1. The number of aliphatic hydroxyl groups excluding tert-OH is 2. The summed E-state index contributed by atoms with van der Waals surface area (Å²) in [6.45, 7) is 11.8. The van der Waals surface area contributed by atoms with Crippen LogP contribution in [-0.4, -0.2) is 32.4 Å². The molecular formula is C29H37IrN2O2-. The molecule has 0 saturated carbocycles. The maximum atomic E-state index is 8.56. The molecule has 0 amide bonds. The molecule has 4 nitrogen and oxygen atoms in total. The smallest absolute Gasteiger partial charge is 0.0607 e. The van der Waals surface area contributed by atoms with Crippen molar-refractivity contribution in [3.05, 3.63) is 70.0 Å². The van der Waals surface area contributed by atoms with Crippen molar-refractivity contribution in [2.45, 2.75) is 85.9 Å². The molecule has 2 unspecified atom stereocenters. The van der Waals surface area contributed by atoms with Crippen LogP contribution in [0.15, 0.2) is 30.3 Å². The van der Waals surface area contributed by atoms with Crippen molar-refractivity contribution in [3.8, 4) is 22.5 Å². The van der Waals surface area contributed by atoms with Gasteiger partial charge < -0.3 is 10.2 Å². The van der Waals surface area contributed by atoms with Gasteiger partial charge in [-0.25, -0.2) is 0 Å². The molecule has 1 aliphatic rings. The van der Waals surface area contributed by atoms with Crippen LogP contribution in [0.2, 0.25) is 0 Å². The Labute approximate surface area is 218 Å². The normalized spacial score (nSPS) is 14.2. The van der Waals surface area contributed by atoms with E-state index in [9.17, 15) is 0 Å². The maximum absolute atomic E-state index is 8.56. The second-order valence-electron chi connectivity index (χ2n) is 9.59. The van der Waals surface area contributed by atoms with Gasteiger partial charge in [0.25, 0.3) is 0 Å². The van der Waals surface area contributed by atoms with Crippen molar-refractivity contribution < 1.29 is 30.3 Å². The molecule has 4 rings (SSSR count). The molecular weight excluding hydrogens is 601 g/mol. The number of fused-ring (bicyclic) bond motifs is 1. The molecule has 1 aromatic heterocycles. The van der Waals surface area contributed by atoms with Gasteiger partial charge in [0, 0.05) is 25.8 Å². The number of rotatable bonds is 4. The van der Waals surface area contributed by atoms with Gasteiger partial charge in [-0.15, -0.1) is 34.9 Å². The van der Waals surface area contributed by atoms with Crippen LogP contribution in [0.25, 0.3) is 22.5 Å². The number of benzene rings is 2. The van der Waals surface area contributed by atoms with Crippen LogP contribution in [0.3, 0.4) is 0 Å². The van der Waals surface area contributed by atoms with E-state index in [-0.39, 0.29) is 32.3 Å². The van der Waals surface area contributed by atoms with Crippen LogP contribution in [0.5, 0.6) is 0 Å². The number of aromatic nitrogens is 2. The first-order chi connectivity index (χ1) is 15.6. The molecule has 185 valence electrons. The third kappa shape index (κ3) is 7.81. The van der Waals surface area contributed by atoms with Crippen LogP contribution >= 0.6 is 0 Å². The summed E-state index contributed by atoms with van der Waals surface area (Å²) in [5, 5.41) is 17.1. The number of nitrogens with zero attached hydrogens (tertiary/aromatic N) is 2. The fourth-order valence-corrected chi connectivity index (χ4v) is 4.51. The topological polar surface area (TPSA) is 66.2 Å². The van der Waals surface area contributed by atoms with Gasteiger partial charge in [0.2, 0.25) is 0 Å². The predicted octanol–water partition coefficient (Wildman–Crippen LogP) is 5.86. The first-order valence-electron chi connectivity index (χ1n) is 12.0. The average Bonchev–Trinajstić information content (AvgIpc) is 2.71. The van der Waals surface area contributed by atoms with Crippen molar-refractivity contribution in [1.29, 1.82) is 0 Å². The molecule has 2 N–H and O–H groups in total. The van der Waals surface area contributed by atoms with E-state index in [2.05, 4.69) is 64.1 Å². The molecule has 34 heavy (non-hydrogen) atoms. The Morgan fingerprint density at radius 2 is 1.26 bits per heavy atom. The summed E-state index contributed by atoms with van der Waals surface area (Å²) in [6, 6.07) is 14.5. The van der Waals surface area contributed by atoms with Crippen molar-refractivity contribution in [2.24, 2.45) is 0 Å². The molecule has 0 bridgehead atoms. The molecule has 0 fully saturated rings. The van der Waals surface area contributed by atoms with E-state index in [1.807, 2.05) is 0 Å². The Hall–Kier alpha value is -1.91. The quantitative estimate of drug-likeness (QED) is 0.352. The van der Waals surface area contributed by atoms with Gasteiger partial charge in [-0.3, -0.25) is 9.97 Å². The Kier molecular flexibility index (Phi) is 10.6. The minimum atomic E-state index is -0.375. The number of aliphatic hydroxyl groups is 2. The standard InChI is InChI=1S/C24H25N2.C5H12O2.Ir/c1-15-9-16(2)12-19(11-15)23-24(20-13-17(3)10-18(4)14-20)26-22-8-6-5-7-21(22)25-23;1-4(6)3-5(2)7;/h9-13H,5-8H2,1-4H3;4-7H,3H2,1-2H3;/q-1;;. The van der Waals surface area contributed by atoms with Crippen LogP contribution in [-0.2, 0) is 32.9 Å². The Morgan fingerprint density at radius 3 is 1.74 bits per heavy atom. The molecule has 1 radical (unpaired) electrons. The van der Waals surface area contributed by atoms with Crippen LogP contribution < -0.4 is 0 Å². The molecule has 0 aliphatic heterocycles.